The fourth-order valence-electron chi connectivity index (χ4n) is 3.90. The number of esters is 1. The average molecular weight is 426 g/mol. The summed E-state index contributed by atoms with van der Waals surface area (Å²) in [6.07, 6.45) is 0.577. The Bertz CT molecular complexity index is 1070. The molecule has 2 heterocycles. The molecule has 8 heteroatoms. The van der Waals surface area contributed by atoms with E-state index in [0.29, 0.717) is 35.3 Å². The van der Waals surface area contributed by atoms with Crippen molar-refractivity contribution < 1.29 is 24.5 Å². The van der Waals surface area contributed by atoms with Crippen LogP contribution in [-0.4, -0.2) is 39.1 Å². The van der Waals surface area contributed by atoms with Crippen molar-refractivity contribution in [1.29, 1.82) is 5.26 Å². The molecule has 1 unspecified atom stereocenters. The highest BCUT2D eigenvalue weighted by molar-refractivity contribution is 5.66. The number of fused-ring (bicyclic) bond motifs is 1. The fourth-order valence-corrected chi connectivity index (χ4v) is 3.90. The van der Waals surface area contributed by atoms with Crippen LogP contribution in [0.2, 0.25) is 0 Å². The first-order valence-corrected chi connectivity index (χ1v) is 10.1. The van der Waals surface area contributed by atoms with Gasteiger partial charge in [-0.3, -0.25) is 9.59 Å². The van der Waals surface area contributed by atoms with Gasteiger partial charge >= 0.3 is 5.97 Å². The van der Waals surface area contributed by atoms with Crippen molar-refractivity contribution >= 4 is 5.97 Å². The van der Waals surface area contributed by atoms with Crippen LogP contribution in [0.25, 0.3) is 0 Å². The van der Waals surface area contributed by atoms with E-state index in [-0.39, 0.29) is 6.61 Å². The van der Waals surface area contributed by atoms with Crippen molar-refractivity contribution in [2.24, 2.45) is 0 Å². The highest BCUT2D eigenvalue weighted by Gasteiger charge is 2.47. The Kier molecular flexibility index (Phi) is 6.48. The van der Waals surface area contributed by atoms with Crippen LogP contribution < -0.4 is 10.3 Å². The number of aliphatic hydroxyl groups excluding tert-OH is 2. The fraction of sp³-hybridized carbons (Fsp3) is 0.435. The summed E-state index contributed by atoms with van der Waals surface area (Å²) >= 11 is 0. The van der Waals surface area contributed by atoms with E-state index in [1.165, 1.54) is 17.6 Å². The number of ether oxygens (including phenoxy) is 2. The van der Waals surface area contributed by atoms with Crippen LogP contribution >= 0.6 is 0 Å². The molecular formula is C23H26N2O6. The molecule has 2 aromatic rings. The first kappa shape index (κ1) is 22.5. The Balaban J connectivity index is 2.14. The van der Waals surface area contributed by atoms with Crippen LogP contribution in [0.5, 0.6) is 5.75 Å². The minimum atomic E-state index is -0.948. The quantitative estimate of drug-likeness (QED) is 0.679. The number of nitrogens with zero attached hydrogens (tertiary/aromatic N) is 2. The first-order valence-electron chi connectivity index (χ1n) is 10.1. The van der Waals surface area contributed by atoms with Crippen LogP contribution in [0.3, 0.4) is 0 Å². The highest BCUT2D eigenvalue weighted by atomic mass is 16.6. The van der Waals surface area contributed by atoms with E-state index in [9.17, 15) is 20.0 Å². The van der Waals surface area contributed by atoms with E-state index in [0.717, 1.165) is 0 Å². The normalized spacial score (nSPS) is 20.1. The Labute approximate surface area is 180 Å². The third kappa shape index (κ3) is 4.63. The molecular weight excluding hydrogens is 400 g/mol. The molecule has 164 valence electrons. The number of pyridine rings is 1. The lowest BCUT2D eigenvalue weighted by Crippen LogP contribution is -2.54. The van der Waals surface area contributed by atoms with Crippen molar-refractivity contribution in [2.45, 2.75) is 57.5 Å². The molecule has 0 aliphatic carbocycles. The number of nitriles is 1. The van der Waals surface area contributed by atoms with Gasteiger partial charge in [-0.15, -0.1) is 0 Å². The molecule has 1 aromatic heterocycles. The molecule has 0 bridgehead atoms. The molecule has 31 heavy (non-hydrogen) atoms. The van der Waals surface area contributed by atoms with E-state index in [2.05, 4.69) is 6.07 Å². The molecule has 0 spiro atoms. The molecule has 8 nitrogen and oxygen atoms in total. The van der Waals surface area contributed by atoms with Gasteiger partial charge in [0.1, 0.15) is 17.4 Å². The number of aromatic nitrogens is 1. The molecule has 1 aliphatic rings. The first-order chi connectivity index (χ1) is 14.7. The number of carbonyl (C=O) groups excluding carboxylic acids is 1. The summed E-state index contributed by atoms with van der Waals surface area (Å²) in [5, 5.41) is 28.6. The molecule has 0 saturated heterocycles. The summed E-state index contributed by atoms with van der Waals surface area (Å²) in [4.78, 5) is 24.9. The Morgan fingerprint density at radius 2 is 2.10 bits per heavy atom. The summed E-state index contributed by atoms with van der Waals surface area (Å²) < 4.78 is 13.1. The van der Waals surface area contributed by atoms with Gasteiger partial charge in [0.2, 0.25) is 0 Å². The van der Waals surface area contributed by atoms with Gasteiger partial charge in [-0.25, -0.2) is 0 Å². The number of hydrogen-bond acceptors (Lipinski definition) is 7. The number of carbonyl (C=O) groups is 1. The molecule has 0 amide bonds. The number of hydrogen-bond donors (Lipinski definition) is 2. The number of benzene rings is 1. The summed E-state index contributed by atoms with van der Waals surface area (Å²) in [7, 11) is 0. The van der Waals surface area contributed by atoms with Crippen LogP contribution in [-0.2, 0) is 9.53 Å². The molecule has 3 atom stereocenters. The smallest absolute Gasteiger partial charge is 0.303 e. The van der Waals surface area contributed by atoms with E-state index in [4.69, 9.17) is 14.6 Å². The second-order valence-corrected chi connectivity index (χ2v) is 8.13. The third-order valence-electron chi connectivity index (χ3n) is 5.39. The molecule has 0 saturated carbocycles. The van der Waals surface area contributed by atoms with Gasteiger partial charge in [0.25, 0.3) is 5.56 Å². The minimum Gasteiger partial charge on any atom is -0.484 e. The molecule has 2 N–H and O–H groups in total. The lowest BCUT2D eigenvalue weighted by molar-refractivity contribution is -0.163. The van der Waals surface area contributed by atoms with Crippen LogP contribution in [0.15, 0.2) is 41.3 Å². The zero-order valence-electron chi connectivity index (χ0n) is 17.7. The van der Waals surface area contributed by atoms with Gasteiger partial charge < -0.3 is 24.3 Å². The SMILES string of the molecule is CC(=O)O[C@H]1[C@H](n2ccc(C(O)CCCO)cc2=O)c2cc(C#N)ccc2OC1(C)C. The van der Waals surface area contributed by atoms with Crippen molar-refractivity contribution in [1.82, 2.24) is 4.57 Å². The maximum Gasteiger partial charge on any atom is 0.303 e. The largest absolute Gasteiger partial charge is 0.484 e. The maximum atomic E-state index is 13.1. The van der Waals surface area contributed by atoms with E-state index >= 15 is 0 Å². The Hall–Kier alpha value is -3.15. The minimum absolute atomic E-state index is 0.0483. The second kappa shape index (κ2) is 8.92. The van der Waals surface area contributed by atoms with Crippen molar-refractivity contribution in [3.05, 3.63) is 63.6 Å². The highest BCUT2D eigenvalue weighted by Crippen LogP contribution is 2.43. The summed E-state index contributed by atoms with van der Waals surface area (Å²) in [6, 6.07) is 9.24. The summed E-state index contributed by atoms with van der Waals surface area (Å²) in [5.41, 5.74) is 0.0405. The van der Waals surface area contributed by atoms with Crippen LogP contribution in [0.1, 0.15) is 62.4 Å². The van der Waals surface area contributed by atoms with Crippen LogP contribution in [0, 0.1) is 11.3 Å². The monoisotopic (exact) mass is 426 g/mol. The summed E-state index contributed by atoms with van der Waals surface area (Å²) in [6.45, 7) is 4.78. The van der Waals surface area contributed by atoms with Gasteiger partial charge in [0.15, 0.2) is 6.10 Å². The topological polar surface area (TPSA) is 122 Å². The zero-order valence-corrected chi connectivity index (χ0v) is 17.7. The van der Waals surface area contributed by atoms with Crippen molar-refractivity contribution in [3.8, 4) is 11.8 Å². The molecule has 3 rings (SSSR count). The van der Waals surface area contributed by atoms with E-state index < -0.39 is 35.4 Å². The van der Waals surface area contributed by atoms with E-state index in [1.807, 2.05) is 0 Å². The van der Waals surface area contributed by atoms with Gasteiger partial charge in [0.05, 0.1) is 17.7 Å². The molecule has 1 aromatic carbocycles. The maximum absolute atomic E-state index is 13.1. The number of rotatable bonds is 6. The predicted molar refractivity (Wildman–Crippen MR) is 112 cm³/mol. The van der Waals surface area contributed by atoms with Crippen molar-refractivity contribution in [2.75, 3.05) is 6.61 Å². The summed E-state index contributed by atoms with van der Waals surface area (Å²) in [5.74, 6) is -0.0213. The van der Waals surface area contributed by atoms with Gasteiger partial charge in [-0.05, 0) is 56.5 Å². The molecule has 1 aliphatic heterocycles. The second-order valence-electron chi connectivity index (χ2n) is 8.13. The van der Waals surface area contributed by atoms with Crippen molar-refractivity contribution in [3.63, 3.8) is 0 Å². The Morgan fingerprint density at radius 1 is 1.35 bits per heavy atom. The number of aliphatic hydroxyl groups is 2. The zero-order chi connectivity index (χ0) is 22.8. The van der Waals surface area contributed by atoms with Gasteiger partial charge in [-0.1, -0.05) is 0 Å². The molecule has 0 fully saturated rings. The standard InChI is InChI=1S/C23H26N2O6/c1-14(27)30-22-21(17-11-15(13-24)6-7-19(17)31-23(22,2)3)25-9-8-16(12-20(25)29)18(28)5-4-10-26/h6-9,11-12,18,21-22,26,28H,4-5,10H2,1-3H3/t18?,21-,22+/m1/s1. The van der Waals surface area contributed by atoms with E-state index in [1.54, 1.807) is 44.3 Å². The third-order valence-corrected chi connectivity index (χ3v) is 5.39. The van der Waals surface area contributed by atoms with Gasteiger partial charge in [0, 0.05) is 31.4 Å². The molecule has 0 radical (unpaired) electrons. The predicted octanol–water partition coefficient (Wildman–Crippen LogP) is 2.22. The average Bonchev–Trinajstić information content (AvgIpc) is 2.72. The Morgan fingerprint density at radius 3 is 2.71 bits per heavy atom. The lowest BCUT2D eigenvalue weighted by Gasteiger charge is -2.44. The lowest BCUT2D eigenvalue weighted by atomic mass is 9.85. The van der Waals surface area contributed by atoms with Gasteiger partial charge in [-0.2, -0.15) is 5.26 Å². The van der Waals surface area contributed by atoms with Crippen LogP contribution in [0.4, 0.5) is 0 Å².